The van der Waals surface area contributed by atoms with Crippen LogP contribution in [0.5, 0.6) is 23.0 Å². The van der Waals surface area contributed by atoms with Crippen molar-refractivity contribution in [3.63, 3.8) is 0 Å². The molecule has 6 nitrogen and oxygen atoms in total. The molecule has 0 amide bonds. The van der Waals surface area contributed by atoms with Gasteiger partial charge in [-0.25, -0.2) is 8.78 Å². The molecule has 10 aromatic rings. The average molecular weight is 1360 g/mol. The number of phenolic OH excluding ortho intramolecular Hbond substituents is 2. The molecule has 0 aliphatic rings. The number of halogens is 2. The third kappa shape index (κ3) is 15.2. The number of rotatable bonds is 13. The van der Waals surface area contributed by atoms with Gasteiger partial charge in [-0.15, -0.1) is 0 Å². The summed E-state index contributed by atoms with van der Waals surface area (Å²) < 4.78 is 50.7. The molecule has 0 fully saturated rings. The molecule has 0 atom stereocenters. The molecule has 0 aliphatic heterocycles. The number of aromatic hydroxyl groups is 2. The van der Waals surface area contributed by atoms with Crippen molar-refractivity contribution >= 4 is 43.6 Å². The second kappa shape index (κ2) is 26.3. The van der Waals surface area contributed by atoms with E-state index in [1.54, 1.807) is 0 Å². The summed E-state index contributed by atoms with van der Waals surface area (Å²) in [6.45, 7) is 52.8. The number of benzene rings is 8. The van der Waals surface area contributed by atoms with Crippen LogP contribution in [-0.4, -0.2) is 32.6 Å². The summed E-state index contributed by atoms with van der Waals surface area (Å²) in [5, 5.41) is 30.7. The Balaban J connectivity index is 0.00000425. The van der Waals surface area contributed by atoms with Crippen molar-refractivity contribution in [1.82, 2.24) is 9.13 Å². The van der Waals surface area contributed by atoms with Gasteiger partial charge in [-0.3, -0.25) is 0 Å². The standard InChI is InChI=1S/C84H102F2N2O4.2CH3.Zr/c1-49-35-57(85)45-65(63-41-55(83(21,22)47-77(3,4)5)43-71(73(63)89)87-67-29-25-51(79(9,10)11)37-59(67)60-38-52(80(12,13)14)26-30-68(60)87)75(49)91-33-34-92-76-50(2)36-58(86)46-66(76)64-42-56(84(23,24)48-78(6,7)8)44-72(74(64)90)88-69-31-27-53(81(15,16)17)39-61(69)62-40-54(82(18,19)20)28-32-70(62)88;;;/h25-32,35-46,89-90H,33-34,47-48H2,1-24H3;2*1H3;/q;2*-1;+2. The van der Waals surface area contributed by atoms with Gasteiger partial charge in [0.15, 0.2) is 0 Å². The molecule has 0 saturated carbocycles. The zero-order valence-electron chi connectivity index (χ0n) is 62.2. The minimum atomic E-state index is -0.466. The van der Waals surface area contributed by atoms with Crippen molar-refractivity contribution in [2.45, 2.75) is 212 Å². The quantitative estimate of drug-likeness (QED) is 0.0892. The van der Waals surface area contributed by atoms with Gasteiger partial charge in [-0.05, 0) is 212 Å². The van der Waals surface area contributed by atoms with E-state index in [0.717, 1.165) is 67.6 Å². The van der Waals surface area contributed by atoms with E-state index in [4.69, 9.17) is 9.47 Å². The van der Waals surface area contributed by atoms with Crippen LogP contribution in [-0.2, 0) is 58.7 Å². The largest absolute Gasteiger partial charge is 2.00 e. The summed E-state index contributed by atoms with van der Waals surface area (Å²) in [6.07, 6.45) is 1.65. The van der Waals surface area contributed by atoms with Crippen LogP contribution < -0.4 is 9.47 Å². The van der Waals surface area contributed by atoms with Gasteiger partial charge in [0, 0.05) is 43.8 Å². The molecule has 0 bridgehead atoms. The first-order valence-corrected chi connectivity index (χ1v) is 33.1. The second-order valence-electron chi connectivity index (χ2n) is 34.5. The second-order valence-corrected chi connectivity index (χ2v) is 34.5. The number of aryl methyl sites for hydroxylation is 2. The minimum absolute atomic E-state index is 0. The van der Waals surface area contributed by atoms with E-state index in [1.807, 2.05) is 26.0 Å². The van der Waals surface area contributed by atoms with E-state index in [1.165, 1.54) is 46.5 Å². The van der Waals surface area contributed by atoms with Crippen LogP contribution in [0.1, 0.15) is 210 Å². The first kappa shape index (κ1) is 75.7. The Morgan fingerprint density at radius 1 is 0.347 bits per heavy atom. The van der Waals surface area contributed by atoms with Crippen molar-refractivity contribution in [3.8, 4) is 56.6 Å². The fourth-order valence-electron chi connectivity index (χ4n) is 14.6. The number of nitrogens with zero attached hydrogens (tertiary/aromatic N) is 2. The molecule has 0 radical (unpaired) electrons. The van der Waals surface area contributed by atoms with Crippen LogP contribution >= 0.6 is 0 Å². The Kier molecular flexibility index (Phi) is 20.9. The maximum atomic E-state index is 16.3. The predicted octanol–water partition coefficient (Wildman–Crippen LogP) is 24.5. The SMILES string of the molecule is Cc1cc(F)cc(-c2cc(C(C)(C)CC(C)(C)C)cc(-n3c4ccc(C(C)(C)C)cc4c4cc(C(C)(C)C)ccc43)c2O)c1OCCOc1c(C)cc(F)cc1-c1cc(C(C)(C)CC(C)(C)C)cc(-n2c3ccc(C(C)(C)C)cc3c3cc(C(C)(C)C)ccc32)c1O.[CH3-].[CH3-].[Zr+2]. The molecule has 10 rings (SSSR count). The van der Waals surface area contributed by atoms with Crippen LogP contribution in [0.25, 0.3) is 77.2 Å². The van der Waals surface area contributed by atoms with Gasteiger partial charge in [0.25, 0.3) is 0 Å². The summed E-state index contributed by atoms with van der Waals surface area (Å²) in [7, 11) is 0. The van der Waals surface area contributed by atoms with Gasteiger partial charge in [-0.1, -0.05) is 177 Å². The smallest absolute Gasteiger partial charge is 0.505 e. The molecule has 0 spiro atoms. The van der Waals surface area contributed by atoms with Gasteiger partial charge in [-0.2, -0.15) is 0 Å². The van der Waals surface area contributed by atoms with Crippen molar-refractivity contribution < 1.29 is 54.7 Å². The van der Waals surface area contributed by atoms with E-state index >= 15 is 8.78 Å². The van der Waals surface area contributed by atoms with Crippen molar-refractivity contribution in [1.29, 1.82) is 0 Å². The molecule has 2 aromatic heterocycles. The molecule has 0 unspecified atom stereocenters. The summed E-state index contributed by atoms with van der Waals surface area (Å²) in [5.41, 5.74) is 13.2. The Bertz CT molecular complexity index is 4100. The summed E-state index contributed by atoms with van der Waals surface area (Å²) in [6, 6.07) is 40.8. The number of ether oxygens (including phenoxy) is 2. The van der Waals surface area contributed by atoms with Gasteiger partial charge in [0.2, 0.25) is 0 Å². The normalized spacial score (nSPS) is 12.9. The zero-order chi connectivity index (χ0) is 67.7. The van der Waals surface area contributed by atoms with Crippen LogP contribution in [0.4, 0.5) is 8.78 Å². The van der Waals surface area contributed by atoms with E-state index in [-0.39, 0.29) is 98.3 Å². The Morgan fingerprint density at radius 3 is 0.853 bits per heavy atom. The summed E-state index contributed by atoms with van der Waals surface area (Å²) >= 11 is 0. The molecular weight excluding hydrogens is 1250 g/mol. The van der Waals surface area contributed by atoms with Gasteiger partial charge in [0.05, 0.1) is 33.4 Å². The maximum Gasteiger partial charge on any atom is 2.00 e. The van der Waals surface area contributed by atoms with Crippen molar-refractivity contribution in [2.24, 2.45) is 10.8 Å². The van der Waals surface area contributed by atoms with Crippen LogP contribution in [0.15, 0.2) is 121 Å². The van der Waals surface area contributed by atoms with Crippen LogP contribution in [0.3, 0.4) is 0 Å². The van der Waals surface area contributed by atoms with Gasteiger partial charge >= 0.3 is 26.2 Å². The predicted molar refractivity (Wildman–Crippen MR) is 398 cm³/mol. The minimum Gasteiger partial charge on any atom is -0.505 e. The van der Waals surface area contributed by atoms with Gasteiger partial charge < -0.3 is 43.7 Å². The maximum absolute atomic E-state index is 16.3. The summed E-state index contributed by atoms with van der Waals surface area (Å²) in [4.78, 5) is 0. The Morgan fingerprint density at radius 2 is 0.611 bits per heavy atom. The van der Waals surface area contributed by atoms with E-state index < -0.39 is 22.5 Å². The Hall–Kier alpha value is -6.70. The number of phenols is 2. The van der Waals surface area contributed by atoms with E-state index in [2.05, 4.69) is 246 Å². The van der Waals surface area contributed by atoms with E-state index in [9.17, 15) is 10.2 Å². The Labute approximate surface area is 588 Å². The molecule has 0 saturated heterocycles. The monoisotopic (exact) mass is 1360 g/mol. The third-order valence-electron chi connectivity index (χ3n) is 18.8. The van der Waals surface area contributed by atoms with Gasteiger partial charge in [0.1, 0.15) is 47.8 Å². The number of fused-ring (bicyclic) bond motifs is 6. The fraction of sp³-hybridized carbons (Fsp3) is 0.419. The number of aromatic nitrogens is 2. The first-order chi connectivity index (χ1) is 42.3. The first-order valence-electron chi connectivity index (χ1n) is 33.1. The molecule has 9 heteroatoms. The molecule has 95 heavy (non-hydrogen) atoms. The molecule has 2 N–H and O–H groups in total. The van der Waals surface area contributed by atoms with E-state index in [0.29, 0.717) is 56.3 Å². The zero-order valence-corrected chi connectivity index (χ0v) is 64.7. The average Bonchev–Trinajstić information content (AvgIpc) is 1.62. The molecule has 504 valence electrons. The van der Waals surface area contributed by atoms with Crippen LogP contribution in [0, 0.1) is 51.2 Å². The summed E-state index contributed by atoms with van der Waals surface area (Å²) in [5.74, 6) is -0.145. The third-order valence-corrected chi connectivity index (χ3v) is 18.8. The molecular formula is C86H108F2N2O4Zr. The van der Waals surface area contributed by atoms with Crippen LogP contribution in [0.2, 0.25) is 0 Å². The number of hydrogen-bond donors (Lipinski definition) is 2. The molecule has 0 aliphatic carbocycles. The fourth-order valence-corrected chi connectivity index (χ4v) is 14.6. The number of hydrogen-bond acceptors (Lipinski definition) is 4. The molecule has 8 aromatic carbocycles. The van der Waals surface area contributed by atoms with Crippen molar-refractivity contribution in [3.05, 3.63) is 192 Å². The topological polar surface area (TPSA) is 68.8 Å². The molecule has 2 heterocycles. The van der Waals surface area contributed by atoms with Crippen molar-refractivity contribution in [2.75, 3.05) is 13.2 Å².